The van der Waals surface area contributed by atoms with Crippen LogP contribution in [0.3, 0.4) is 0 Å². The molecule has 3 aromatic carbocycles. The van der Waals surface area contributed by atoms with Gasteiger partial charge in [0.2, 0.25) is 0 Å². The molecule has 6 nitrogen and oxygen atoms in total. The van der Waals surface area contributed by atoms with E-state index in [1.54, 1.807) is 60.7 Å². The third kappa shape index (κ3) is 6.27. The molecule has 0 aliphatic carbocycles. The van der Waals surface area contributed by atoms with Crippen molar-refractivity contribution in [1.82, 2.24) is 5.32 Å². The Hall–Kier alpha value is -3.93. The molecule has 2 amide bonds. The molecule has 3 rings (SSSR count). The number of esters is 1. The van der Waals surface area contributed by atoms with Gasteiger partial charge in [0.05, 0.1) is 0 Å². The van der Waals surface area contributed by atoms with Crippen LogP contribution in [0.5, 0.6) is 0 Å². The number of hydrogen-bond donors (Lipinski definition) is 2. The lowest BCUT2D eigenvalue weighted by molar-refractivity contribution is -0.149. The third-order valence-corrected chi connectivity index (χ3v) is 4.64. The Morgan fingerprint density at radius 3 is 2.23 bits per heavy atom. The summed E-state index contributed by atoms with van der Waals surface area (Å²) in [5, 5.41) is 5.41. The molecule has 0 heterocycles. The van der Waals surface area contributed by atoms with E-state index in [2.05, 4.69) is 10.6 Å². The van der Waals surface area contributed by atoms with Crippen molar-refractivity contribution >= 4 is 23.5 Å². The summed E-state index contributed by atoms with van der Waals surface area (Å²) in [6.45, 7) is 1.57. The van der Waals surface area contributed by atoms with Gasteiger partial charge in [0.15, 0.2) is 12.6 Å². The highest BCUT2D eigenvalue weighted by molar-refractivity contribution is 5.97. The number of anilines is 1. The van der Waals surface area contributed by atoms with E-state index in [4.69, 9.17) is 4.74 Å². The Labute approximate surface area is 181 Å². The summed E-state index contributed by atoms with van der Waals surface area (Å²) in [5.41, 5.74) is 2.71. The molecule has 1 atom stereocenters. The van der Waals surface area contributed by atoms with Crippen LogP contribution in [0, 0.1) is 0 Å². The monoisotopic (exact) mass is 416 g/mol. The lowest BCUT2D eigenvalue weighted by Gasteiger charge is -2.18. The average Bonchev–Trinajstić information content (AvgIpc) is 2.82. The molecule has 0 aliphatic heterocycles. The summed E-state index contributed by atoms with van der Waals surface area (Å²) < 4.78 is 5.22. The van der Waals surface area contributed by atoms with Crippen LogP contribution in [0.1, 0.15) is 34.5 Å². The summed E-state index contributed by atoms with van der Waals surface area (Å²) in [7, 11) is 0. The molecule has 0 aromatic heterocycles. The highest BCUT2D eigenvalue weighted by Gasteiger charge is 2.25. The number of carbonyl (C=O) groups is 3. The van der Waals surface area contributed by atoms with Gasteiger partial charge in [-0.25, -0.2) is 4.79 Å². The predicted octanol–water partition coefficient (Wildman–Crippen LogP) is 3.90. The number of rotatable bonds is 8. The first-order chi connectivity index (χ1) is 15.1. The molecule has 0 saturated carbocycles. The second-order valence-electron chi connectivity index (χ2n) is 6.89. The first-order valence-electron chi connectivity index (χ1n) is 10.0. The molecule has 2 N–H and O–H groups in total. The normalized spacial score (nSPS) is 11.3. The van der Waals surface area contributed by atoms with Crippen LogP contribution in [-0.2, 0) is 20.7 Å². The standard InChI is InChI=1S/C25H24N2O4/c1-2-18-10-9-15-21(16-18)26-22(28)17-31-25(30)23(19-11-5-3-6-12-19)27-24(29)20-13-7-4-8-14-20/h3-16,23H,2,17H2,1H3,(H,26,28)(H,27,29). The number of hydrogen-bond acceptors (Lipinski definition) is 4. The zero-order valence-corrected chi connectivity index (χ0v) is 17.2. The van der Waals surface area contributed by atoms with E-state index >= 15 is 0 Å². The van der Waals surface area contributed by atoms with E-state index in [1.165, 1.54) is 0 Å². The maximum Gasteiger partial charge on any atom is 0.333 e. The Bertz CT molecular complexity index is 1040. The topological polar surface area (TPSA) is 84.5 Å². The SMILES string of the molecule is CCc1cccc(NC(=O)COC(=O)C(NC(=O)c2ccccc2)c2ccccc2)c1. The van der Waals surface area contributed by atoms with Crippen LogP contribution in [0.2, 0.25) is 0 Å². The number of aryl methyl sites for hydroxylation is 1. The van der Waals surface area contributed by atoms with Gasteiger partial charge in [0.25, 0.3) is 11.8 Å². The van der Waals surface area contributed by atoms with Crippen LogP contribution in [0.25, 0.3) is 0 Å². The number of carbonyl (C=O) groups excluding carboxylic acids is 3. The molecule has 31 heavy (non-hydrogen) atoms. The van der Waals surface area contributed by atoms with Crippen molar-refractivity contribution < 1.29 is 19.1 Å². The van der Waals surface area contributed by atoms with Crippen LogP contribution in [0.4, 0.5) is 5.69 Å². The number of nitrogens with one attached hydrogen (secondary N) is 2. The Morgan fingerprint density at radius 1 is 0.871 bits per heavy atom. The zero-order chi connectivity index (χ0) is 22.1. The molecular weight excluding hydrogens is 392 g/mol. The van der Waals surface area contributed by atoms with Crippen molar-refractivity contribution in [2.24, 2.45) is 0 Å². The maximum absolute atomic E-state index is 12.8. The number of amides is 2. The molecular formula is C25H24N2O4. The van der Waals surface area contributed by atoms with Crippen molar-refractivity contribution in [2.45, 2.75) is 19.4 Å². The summed E-state index contributed by atoms with van der Waals surface area (Å²) in [5.74, 6) is -1.58. The fraction of sp³-hybridized carbons (Fsp3) is 0.160. The third-order valence-electron chi connectivity index (χ3n) is 4.64. The zero-order valence-electron chi connectivity index (χ0n) is 17.2. The van der Waals surface area contributed by atoms with Crippen molar-refractivity contribution in [3.8, 4) is 0 Å². The van der Waals surface area contributed by atoms with Gasteiger partial charge in [-0.1, -0.05) is 67.6 Å². The molecule has 0 saturated heterocycles. The second kappa shape index (κ2) is 10.7. The van der Waals surface area contributed by atoms with E-state index in [0.29, 0.717) is 16.8 Å². The molecule has 0 aliphatic rings. The first-order valence-corrected chi connectivity index (χ1v) is 10.0. The highest BCUT2D eigenvalue weighted by atomic mass is 16.5. The van der Waals surface area contributed by atoms with E-state index in [1.807, 2.05) is 31.2 Å². The van der Waals surface area contributed by atoms with Gasteiger partial charge in [-0.2, -0.15) is 0 Å². The van der Waals surface area contributed by atoms with E-state index < -0.39 is 30.4 Å². The summed E-state index contributed by atoms with van der Waals surface area (Å²) in [6.07, 6.45) is 0.846. The van der Waals surface area contributed by atoms with Crippen LogP contribution < -0.4 is 10.6 Å². The number of ether oxygens (including phenoxy) is 1. The van der Waals surface area contributed by atoms with Crippen molar-refractivity contribution in [2.75, 3.05) is 11.9 Å². The minimum absolute atomic E-state index is 0.410. The smallest absolute Gasteiger partial charge is 0.333 e. The van der Waals surface area contributed by atoms with Gasteiger partial charge in [-0.05, 0) is 41.8 Å². The second-order valence-corrected chi connectivity index (χ2v) is 6.89. The van der Waals surface area contributed by atoms with Crippen molar-refractivity contribution in [1.29, 1.82) is 0 Å². The highest BCUT2D eigenvalue weighted by Crippen LogP contribution is 2.16. The molecule has 3 aromatic rings. The van der Waals surface area contributed by atoms with Crippen molar-refractivity contribution in [3.05, 3.63) is 102 Å². The minimum Gasteiger partial charge on any atom is -0.454 e. The summed E-state index contributed by atoms with van der Waals surface area (Å²) >= 11 is 0. The molecule has 1 unspecified atom stereocenters. The fourth-order valence-corrected chi connectivity index (χ4v) is 3.01. The number of benzene rings is 3. The lowest BCUT2D eigenvalue weighted by atomic mass is 10.1. The molecule has 158 valence electrons. The van der Waals surface area contributed by atoms with Gasteiger partial charge in [0.1, 0.15) is 0 Å². The van der Waals surface area contributed by atoms with Crippen LogP contribution in [0.15, 0.2) is 84.9 Å². The van der Waals surface area contributed by atoms with Gasteiger partial charge < -0.3 is 15.4 Å². The molecule has 0 spiro atoms. The maximum atomic E-state index is 12.8. The van der Waals surface area contributed by atoms with Gasteiger partial charge >= 0.3 is 5.97 Å². The van der Waals surface area contributed by atoms with E-state index in [0.717, 1.165) is 12.0 Å². The molecule has 0 radical (unpaired) electrons. The molecule has 0 bridgehead atoms. The van der Waals surface area contributed by atoms with E-state index in [-0.39, 0.29) is 0 Å². The summed E-state index contributed by atoms with van der Waals surface area (Å²) in [6, 6.07) is 23.8. The van der Waals surface area contributed by atoms with E-state index in [9.17, 15) is 14.4 Å². The average molecular weight is 416 g/mol. The predicted molar refractivity (Wildman–Crippen MR) is 118 cm³/mol. The molecule has 6 heteroatoms. The largest absolute Gasteiger partial charge is 0.454 e. The quantitative estimate of drug-likeness (QED) is 0.546. The lowest BCUT2D eigenvalue weighted by Crippen LogP contribution is -2.36. The first kappa shape index (κ1) is 21.8. The van der Waals surface area contributed by atoms with Crippen LogP contribution >= 0.6 is 0 Å². The summed E-state index contributed by atoms with van der Waals surface area (Å²) in [4.78, 5) is 37.6. The molecule has 0 fully saturated rings. The Kier molecular flexibility index (Phi) is 7.54. The van der Waals surface area contributed by atoms with Gasteiger partial charge in [-0.15, -0.1) is 0 Å². The Morgan fingerprint density at radius 2 is 1.55 bits per heavy atom. The van der Waals surface area contributed by atoms with Crippen molar-refractivity contribution in [3.63, 3.8) is 0 Å². The fourth-order valence-electron chi connectivity index (χ4n) is 3.01. The Balaban J connectivity index is 1.65. The van der Waals surface area contributed by atoms with Gasteiger partial charge in [-0.3, -0.25) is 9.59 Å². The van der Waals surface area contributed by atoms with Gasteiger partial charge in [0, 0.05) is 11.3 Å². The van der Waals surface area contributed by atoms with Crippen LogP contribution in [-0.4, -0.2) is 24.4 Å². The minimum atomic E-state index is -1.04.